The Morgan fingerprint density at radius 3 is 2.60 bits per heavy atom. The summed E-state index contributed by atoms with van der Waals surface area (Å²) >= 11 is 0. The quantitative estimate of drug-likeness (QED) is 0.376. The third-order valence-electron chi connectivity index (χ3n) is 3.79. The minimum Gasteiger partial charge on any atom is -0.459 e. The Morgan fingerprint density at radius 2 is 1.92 bits per heavy atom. The van der Waals surface area contributed by atoms with E-state index in [-0.39, 0.29) is 5.75 Å². The lowest BCUT2D eigenvalue weighted by atomic mass is 10.1. The maximum absolute atomic E-state index is 11.4. The second-order valence-corrected chi connectivity index (χ2v) is 7.66. The van der Waals surface area contributed by atoms with E-state index < -0.39 is 10.0 Å². The van der Waals surface area contributed by atoms with Gasteiger partial charge in [0.15, 0.2) is 5.96 Å². The van der Waals surface area contributed by atoms with Crippen molar-refractivity contribution in [3.05, 3.63) is 35.6 Å². The highest BCUT2D eigenvalue weighted by molar-refractivity contribution is 7.89. The Kier molecular flexibility index (Phi) is 6.83. The minimum atomic E-state index is -3.17. The first-order valence-corrected chi connectivity index (χ1v) is 10.1. The fourth-order valence-electron chi connectivity index (χ4n) is 2.36. The highest BCUT2D eigenvalue weighted by atomic mass is 32.2. The first-order chi connectivity index (χ1) is 12.0. The molecule has 0 aliphatic heterocycles. The van der Waals surface area contributed by atoms with Gasteiger partial charge in [0, 0.05) is 30.6 Å². The van der Waals surface area contributed by atoms with Crippen molar-refractivity contribution in [2.45, 2.75) is 27.3 Å². The van der Waals surface area contributed by atoms with Crippen LogP contribution in [0, 0.1) is 6.92 Å². The molecule has 1 aromatic carbocycles. The molecule has 1 heterocycles. The number of nitrogens with one attached hydrogen (secondary N) is 3. The number of benzene rings is 1. The standard InChI is InChI=1S/C17H26N4O3S/c1-4-18-17(19-10-11-21-25(22,23)5-2)20-12-16-13(3)14-8-6-7-9-15(14)24-16/h6-9,21H,4-5,10-12H2,1-3H3,(H2,18,19,20). The molecule has 0 amide bonds. The van der Waals surface area contributed by atoms with Gasteiger partial charge >= 0.3 is 0 Å². The summed E-state index contributed by atoms with van der Waals surface area (Å²) in [5.74, 6) is 1.52. The van der Waals surface area contributed by atoms with Crippen molar-refractivity contribution in [2.24, 2.45) is 4.99 Å². The van der Waals surface area contributed by atoms with Crippen LogP contribution in [0.15, 0.2) is 33.7 Å². The number of aryl methyl sites for hydroxylation is 1. The number of furan rings is 1. The van der Waals surface area contributed by atoms with E-state index in [0.717, 1.165) is 22.3 Å². The molecule has 25 heavy (non-hydrogen) atoms. The smallest absolute Gasteiger partial charge is 0.211 e. The fourth-order valence-corrected chi connectivity index (χ4v) is 2.98. The Labute approximate surface area is 148 Å². The molecule has 0 atom stereocenters. The van der Waals surface area contributed by atoms with E-state index in [4.69, 9.17) is 4.42 Å². The van der Waals surface area contributed by atoms with E-state index >= 15 is 0 Å². The summed E-state index contributed by atoms with van der Waals surface area (Å²) < 4.78 is 31.2. The van der Waals surface area contributed by atoms with E-state index in [1.54, 1.807) is 6.92 Å². The Hall–Kier alpha value is -2.06. The van der Waals surface area contributed by atoms with E-state index in [1.165, 1.54) is 0 Å². The molecule has 0 aliphatic carbocycles. The molecule has 0 spiro atoms. The lowest BCUT2D eigenvalue weighted by molar-refractivity contribution is 0.548. The molecule has 0 radical (unpaired) electrons. The van der Waals surface area contributed by atoms with Gasteiger partial charge < -0.3 is 15.1 Å². The van der Waals surface area contributed by atoms with Gasteiger partial charge in [-0.15, -0.1) is 0 Å². The molecule has 2 aromatic rings. The summed E-state index contributed by atoms with van der Waals surface area (Å²) in [5, 5.41) is 7.35. The van der Waals surface area contributed by atoms with Crippen LogP contribution in [0.25, 0.3) is 11.0 Å². The van der Waals surface area contributed by atoms with Gasteiger partial charge in [-0.05, 0) is 26.8 Å². The van der Waals surface area contributed by atoms with Crippen molar-refractivity contribution >= 4 is 27.0 Å². The number of aliphatic imine (C=N–C) groups is 1. The van der Waals surface area contributed by atoms with Crippen molar-refractivity contribution < 1.29 is 12.8 Å². The van der Waals surface area contributed by atoms with Crippen LogP contribution in [0.4, 0.5) is 0 Å². The zero-order valence-corrected chi connectivity index (χ0v) is 15.7. The van der Waals surface area contributed by atoms with Gasteiger partial charge in [0.05, 0.1) is 5.75 Å². The molecular formula is C17H26N4O3S. The zero-order chi connectivity index (χ0) is 18.3. The number of rotatable bonds is 8. The number of fused-ring (bicyclic) bond motifs is 1. The molecule has 3 N–H and O–H groups in total. The van der Waals surface area contributed by atoms with Crippen LogP contribution < -0.4 is 15.4 Å². The molecule has 138 valence electrons. The molecule has 0 bridgehead atoms. The number of guanidine groups is 1. The summed E-state index contributed by atoms with van der Waals surface area (Å²) in [4.78, 5) is 4.52. The average Bonchev–Trinajstić information content (AvgIpc) is 2.93. The summed E-state index contributed by atoms with van der Waals surface area (Å²) in [6.45, 7) is 7.49. The van der Waals surface area contributed by atoms with Gasteiger partial charge in [-0.3, -0.25) is 0 Å². The number of hydrogen-bond acceptors (Lipinski definition) is 4. The van der Waals surface area contributed by atoms with Crippen molar-refractivity contribution in [3.8, 4) is 0 Å². The SMILES string of the molecule is CCNC(=NCc1oc2ccccc2c1C)NCCNS(=O)(=O)CC. The van der Waals surface area contributed by atoms with E-state index in [1.807, 2.05) is 38.1 Å². The first kappa shape index (κ1) is 19.3. The molecule has 8 heteroatoms. The summed E-state index contributed by atoms with van der Waals surface area (Å²) in [6, 6.07) is 7.91. The number of nitrogens with zero attached hydrogens (tertiary/aromatic N) is 1. The van der Waals surface area contributed by atoms with Crippen molar-refractivity contribution in [1.82, 2.24) is 15.4 Å². The predicted molar refractivity (Wildman–Crippen MR) is 101 cm³/mol. The van der Waals surface area contributed by atoms with Crippen LogP contribution in [0.1, 0.15) is 25.2 Å². The van der Waals surface area contributed by atoms with Crippen LogP contribution in [0.5, 0.6) is 0 Å². The monoisotopic (exact) mass is 366 g/mol. The highest BCUT2D eigenvalue weighted by Crippen LogP contribution is 2.25. The number of sulfonamides is 1. The molecule has 2 rings (SSSR count). The Morgan fingerprint density at radius 1 is 1.16 bits per heavy atom. The molecule has 0 saturated carbocycles. The summed E-state index contributed by atoms with van der Waals surface area (Å²) in [5.41, 5.74) is 1.95. The normalized spacial score (nSPS) is 12.5. The van der Waals surface area contributed by atoms with Crippen molar-refractivity contribution in [2.75, 3.05) is 25.4 Å². The average molecular weight is 366 g/mol. The lowest BCUT2D eigenvalue weighted by Gasteiger charge is -2.11. The van der Waals surface area contributed by atoms with E-state index in [0.29, 0.717) is 32.1 Å². The Balaban J connectivity index is 1.97. The molecule has 0 saturated heterocycles. The van der Waals surface area contributed by atoms with Gasteiger partial charge in [-0.1, -0.05) is 18.2 Å². The minimum absolute atomic E-state index is 0.0759. The van der Waals surface area contributed by atoms with Crippen molar-refractivity contribution in [3.63, 3.8) is 0 Å². The largest absolute Gasteiger partial charge is 0.459 e. The molecule has 0 unspecified atom stereocenters. The van der Waals surface area contributed by atoms with Crippen LogP contribution >= 0.6 is 0 Å². The Bertz CT molecular complexity index is 828. The van der Waals surface area contributed by atoms with Gasteiger partial charge in [-0.25, -0.2) is 18.1 Å². The molecule has 0 aliphatic rings. The summed E-state index contributed by atoms with van der Waals surface area (Å²) in [7, 11) is -3.17. The van der Waals surface area contributed by atoms with Crippen LogP contribution in [0.3, 0.4) is 0 Å². The van der Waals surface area contributed by atoms with Gasteiger partial charge in [0.1, 0.15) is 17.9 Å². The third-order valence-corrected chi connectivity index (χ3v) is 5.19. The topological polar surface area (TPSA) is 95.7 Å². The maximum Gasteiger partial charge on any atom is 0.211 e. The summed E-state index contributed by atoms with van der Waals surface area (Å²) in [6.07, 6.45) is 0. The van der Waals surface area contributed by atoms with Crippen LogP contribution in [-0.2, 0) is 16.6 Å². The molecule has 1 aromatic heterocycles. The number of hydrogen-bond donors (Lipinski definition) is 3. The second-order valence-electron chi connectivity index (χ2n) is 5.57. The van der Waals surface area contributed by atoms with Gasteiger partial charge in [0.2, 0.25) is 10.0 Å². The highest BCUT2D eigenvalue weighted by Gasteiger charge is 2.10. The second kappa shape index (κ2) is 8.87. The molecule has 0 fully saturated rings. The lowest BCUT2D eigenvalue weighted by Crippen LogP contribution is -2.41. The van der Waals surface area contributed by atoms with Gasteiger partial charge in [-0.2, -0.15) is 0 Å². The number of para-hydroxylation sites is 1. The molecule has 7 nitrogen and oxygen atoms in total. The van der Waals surface area contributed by atoms with Gasteiger partial charge in [0.25, 0.3) is 0 Å². The predicted octanol–water partition coefficient (Wildman–Crippen LogP) is 1.74. The third kappa shape index (κ3) is 5.47. The molecular weight excluding hydrogens is 340 g/mol. The van der Waals surface area contributed by atoms with Crippen LogP contribution in [-0.4, -0.2) is 39.8 Å². The van der Waals surface area contributed by atoms with E-state index in [2.05, 4.69) is 20.3 Å². The first-order valence-electron chi connectivity index (χ1n) is 8.43. The fraction of sp³-hybridized carbons (Fsp3) is 0.471. The zero-order valence-electron chi connectivity index (χ0n) is 14.9. The van der Waals surface area contributed by atoms with E-state index in [9.17, 15) is 8.42 Å². The maximum atomic E-state index is 11.4. The van der Waals surface area contributed by atoms with Crippen LogP contribution in [0.2, 0.25) is 0 Å². The van der Waals surface area contributed by atoms with Crippen molar-refractivity contribution in [1.29, 1.82) is 0 Å².